The first-order chi connectivity index (χ1) is 8.26. The van der Waals surface area contributed by atoms with Gasteiger partial charge in [-0.15, -0.1) is 11.3 Å². The molecule has 0 saturated heterocycles. The highest BCUT2D eigenvalue weighted by Gasteiger charge is 2.05. The molecule has 3 aromatic heterocycles. The van der Waals surface area contributed by atoms with E-state index >= 15 is 0 Å². The summed E-state index contributed by atoms with van der Waals surface area (Å²) < 4.78 is 2.01. The number of hydrogen-bond donors (Lipinski definition) is 0. The molecule has 4 heteroatoms. The van der Waals surface area contributed by atoms with E-state index in [1.165, 1.54) is 0 Å². The van der Waals surface area contributed by atoms with E-state index in [9.17, 15) is 4.79 Å². The molecule has 0 aliphatic heterocycles. The van der Waals surface area contributed by atoms with E-state index in [2.05, 4.69) is 17.2 Å². The Hall–Kier alpha value is -1.94. The molecule has 0 unspecified atom stereocenters. The number of fused-ring (bicyclic) bond motifs is 1. The topological polar surface area (TPSA) is 34.4 Å². The number of carbonyl (C=O) groups excluding carboxylic acids is 1. The van der Waals surface area contributed by atoms with Crippen molar-refractivity contribution in [3.05, 3.63) is 47.4 Å². The summed E-state index contributed by atoms with van der Waals surface area (Å²) in [5, 5.41) is 1.06. The van der Waals surface area contributed by atoms with Crippen LogP contribution in [0.15, 0.2) is 36.8 Å². The SMILES string of the molecule is Cc1ncc(-c2cc3cc(C=O)ccn3c2)s1. The zero-order valence-corrected chi connectivity index (χ0v) is 10.1. The first-order valence-electron chi connectivity index (χ1n) is 5.26. The smallest absolute Gasteiger partial charge is 0.150 e. The highest BCUT2D eigenvalue weighted by atomic mass is 32.1. The Bertz CT molecular complexity index is 696. The minimum absolute atomic E-state index is 0.697. The molecule has 0 aromatic carbocycles. The van der Waals surface area contributed by atoms with E-state index in [0.29, 0.717) is 5.56 Å². The summed E-state index contributed by atoms with van der Waals surface area (Å²) in [6.45, 7) is 1.99. The Labute approximate surface area is 102 Å². The molecule has 0 fully saturated rings. The number of carbonyl (C=O) groups is 1. The van der Waals surface area contributed by atoms with Crippen LogP contribution in [0.4, 0.5) is 0 Å². The largest absolute Gasteiger partial charge is 0.323 e. The van der Waals surface area contributed by atoms with Gasteiger partial charge in [0.05, 0.1) is 9.88 Å². The summed E-state index contributed by atoms with van der Waals surface area (Å²) in [6.07, 6.45) is 6.70. The molecule has 17 heavy (non-hydrogen) atoms. The summed E-state index contributed by atoms with van der Waals surface area (Å²) >= 11 is 1.67. The second-order valence-corrected chi connectivity index (χ2v) is 5.12. The molecule has 0 aliphatic rings. The lowest BCUT2D eigenvalue weighted by molar-refractivity contribution is 0.112. The molecule has 0 N–H and O–H groups in total. The van der Waals surface area contributed by atoms with Gasteiger partial charge in [0, 0.05) is 35.2 Å². The van der Waals surface area contributed by atoms with Gasteiger partial charge in [0.1, 0.15) is 6.29 Å². The third-order valence-corrected chi connectivity index (χ3v) is 3.63. The van der Waals surface area contributed by atoms with Crippen molar-refractivity contribution >= 4 is 23.1 Å². The van der Waals surface area contributed by atoms with E-state index in [4.69, 9.17) is 0 Å². The Morgan fingerprint density at radius 2 is 2.29 bits per heavy atom. The standard InChI is InChI=1S/C13H10N2OS/c1-9-14-6-13(17-9)11-5-12-4-10(8-16)2-3-15(12)7-11/h2-8H,1H3. The molecule has 0 atom stereocenters. The summed E-state index contributed by atoms with van der Waals surface area (Å²) in [5.41, 5.74) is 2.86. The van der Waals surface area contributed by atoms with Crippen LogP contribution in [0.25, 0.3) is 16.0 Å². The van der Waals surface area contributed by atoms with Crippen molar-refractivity contribution in [2.45, 2.75) is 6.92 Å². The fourth-order valence-corrected chi connectivity index (χ4v) is 2.59. The molecule has 84 valence electrons. The van der Waals surface area contributed by atoms with Gasteiger partial charge in [-0.05, 0) is 25.1 Å². The molecule has 3 rings (SSSR count). The van der Waals surface area contributed by atoms with Gasteiger partial charge in [-0.2, -0.15) is 0 Å². The molecule has 0 saturated carbocycles. The molecule has 0 radical (unpaired) electrons. The fraction of sp³-hybridized carbons (Fsp3) is 0.0769. The number of aromatic nitrogens is 2. The van der Waals surface area contributed by atoms with Crippen LogP contribution in [-0.2, 0) is 0 Å². The predicted molar refractivity (Wildman–Crippen MR) is 68.6 cm³/mol. The number of rotatable bonds is 2. The zero-order chi connectivity index (χ0) is 11.8. The van der Waals surface area contributed by atoms with Crippen LogP contribution < -0.4 is 0 Å². The van der Waals surface area contributed by atoms with Crippen LogP contribution in [0.1, 0.15) is 15.4 Å². The Kier molecular flexibility index (Phi) is 2.30. The summed E-state index contributed by atoms with van der Waals surface area (Å²) in [7, 11) is 0. The molecule has 3 nitrogen and oxygen atoms in total. The number of hydrogen-bond acceptors (Lipinski definition) is 3. The van der Waals surface area contributed by atoms with Crippen LogP contribution in [0.2, 0.25) is 0 Å². The zero-order valence-electron chi connectivity index (χ0n) is 9.25. The molecule has 3 heterocycles. The number of nitrogens with zero attached hydrogens (tertiary/aromatic N) is 2. The van der Waals surface area contributed by atoms with Crippen LogP contribution >= 0.6 is 11.3 Å². The van der Waals surface area contributed by atoms with Crippen molar-refractivity contribution in [2.75, 3.05) is 0 Å². The van der Waals surface area contributed by atoms with Crippen molar-refractivity contribution in [1.82, 2.24) is 9.38 Å². The Balaban J connectivity index is 2.16. The second kappa shape index (κ2) is 3.82. The van der Waals surface area contributed by atoms with Gasteiger partial charge in [0.2, 0.25) is 0 Å². The minimum atomic E-state index is 0.697. The van der Waals surface area contributed by atoms with Crippen molar-refractivity contribution in [3.63, 3.8) is 0 Å². The van der Waals surface area contributed by atoms with Crippen molar-refractivity contribution in [1.29, 1.82) is 0 Å². The maximum Gasteiger partial charge on any atom is 0.150 e. The lowest BCUT2D eigenvalue weighted by Crippen LogP contribution is -1.84. The van der Waals surface area contributed by atoms with Crippen LogP contribution in [0.5, 0.6) is 0 Å². The highest BCUT2D eigenvalue weighted by molar-refractivity contribution is 7.15. The number of pyridine rings is 1. The average Bonchev–Trinajstić information content (AvgIpc) is 2.93. The lowest BCUT2D eigenvalue weighted by atomic mass is 10.2. The summed E-state index contributed by atoms with van der Waals surface area (Å²) in [6, 6.07) is 5.76. The van der Waals surface area contributed by atoms with Gasteiger partial charge in [0.15, 0.2) is 0 Å². The van der Waals surface area contributed by atoms with Crippen molar-refractivity contribution in [2.24, 2.45) is 0 Å². The first kappa shape index (κ1) is 10.2. The van der Waals surface area contributed by atoms with Gasteiger partial charge in [-0.25, -0.2) is 4.98 Å². The molecular weight excluding hydrogens is 232 g/mol. The molecular formula is C13H10N2OS. The third kappa shape index (κ3) is 1.76. The second-order valence-electron chi connectivity index (χ2n) is 3.88. The number of aryl methyl sites for hydroxylation is 1. The third-order valence-electron chi connectivity index (χ3n) is 2.66. The quantitative estimate of drug-likeness (QED) is 0.647. The monoisotopic (exact) mass is 242 g/mol. The van der Waals surface area contributed by atoms with E-state index < -0.39 is 0 Å². The average molecular weight is 242 g/mol. The van der Waals surface area contributed by atoms with Crippen molar-refractivity contribution < 1.29 is 4.79 Å². The molecule has 3 aromatic rings. The van der Waals surface area contributed by atoms with Crippen LogP contribution in [0, 0.1) is 6.92 Å². The Morgan fingerprint density at radius 1 is 1.41 bits per heavy atom. The van der Waals surface area contributed by atoms with Gasteiger partial charge in [-0.3, -0.25) is 4.79 Å². The maximum atomic E-state index is 10.7. The maximum absolute atomic E-state index is 10.7. The molecule has 0 bridgehead atoms. The summed E-state index contributed by atoms with van der Waals surface area (Å²) in [5.74, 6) is 0. The number of aldehydes is 1. The lowest BCUT2D eigenvalue weighted by Gasteiger charge is -1.93. The van der Waals surface area contributed by atoms with Crippen LogP contribution in [0.3, 0.4) is 0 Å². The van der Waals surface area contributed by atoms with Gasteiger partial charge in [0.25, 0.3) is 0 Å². The molecule has 0 amide bonds. The molecule has 0 spiro atoms. The first-order valence-corrected chi connectivity index (χ1v) is 6.07. The van der Waals surface area contributed by atoms with Gasteiger partial charge in [-0.1, -0.05) is 0 Å². The molecule has 0 aliphatic carbocycles. The Morgan fingerprint density at radius 3 is 3.00 bits per heavy atom. The fourth-order valence-electron chi connectivity index (χ4n) is 1.83. The van der Waals surface area contributed by atoms with E-state index in [1.807, 2.05) is 35.9 Å². The van der Waals surface area contributed by atoms with Gasteiger partial charge >= 0.3 is 0 Å². The number of thiazole rings is 1. The van der Waals surface area contributed by atoms with E-state index in [0.717, 1.165) is 27.3 Å². The van der Waals surface area contributed by atoms with E-state index in [1.54, 1.807) is 11.3 Å². The van der Waals surface area contributed by atoms with E-state index in [-0.39, 0.29) is 0 Å². The van der Waals surface area contributed by atoms with Crippen LogP contribution in [-0.4, -0.2) is 15.7 Å². The summed E-state index contributed by atoms with van der Waals surface area (Å²) in [4.78, 5) is 16.1. The normalized spacial score (nSPS) is 10.9. The minimum Gasteiger partial charge on any atom is -0.323 e. The van der Waals surface area contributed by atoms with Gasteiger partial charge < -0.3 is 4.40 Å². The predicted octanol–water partition coefficient (Wildman–Crippen LogP) is 3.18. The van der Waals surface area contributed by atoms with Crippen molar-refractivity contribution in [3.8, 4) is 10.4 Å². The highest BCUT2D eigenvalue weighted by Crippen LogP contribution is 2.27.